The number of rotatable bonds is 3. The molecule has 0 atom stereocenters. The molecular weight excluding hydrogens is 204 g/mol. The molecule has 0 aliphatic carbocycles. The van der Waals surface area contributed by atoms with Crippen LogP contribution in [0.5, 0.6) is 5.75 Å². The van der Waals surface area contributed by atoms with E-state index in [0.717, 1.165) is 23.4 Å². The van der Waals surface area contributed by atoms with E-state index in [0.29, 0.717) is 12.1 Å². The molecule has 4 nitrogen and oxygen atoms in total. The van der Waals surface area contributed by atoms with E-state index >= 15 is 0 Å². The van der Waals surface area contributed by atoms with Gasteiger partial charge in [0.25, 0.3) is 0 Å². The molecule has 2 aromatic rings. The number of hydrogen-bond donors (Lipinski definition) is 2. The summed E-state index contributed by atoms with van der Waals surface area (Å²) in [5, 5.41) is 9.20. The van der Waals surface area contributed by atoms with Crippen LogP contribution < -0.4 is 0 Å². The molecule has 0 spiro atoms. The van der Waals surface area contributed by atoms with Crippen molar-refractivity contribution in [3.63, 3.8) is 0 Å². The number of aldehydes is 1. The predicted octanol–water partition coefficient (Wildman–Crippen LogP) is 2.16. The quantitative estimate of drug-likeness (QED) is 0.772. The Morgan fingerprint density at radius 2 is 2.06 bits per heavy atom. The minimum absolute atomic E-state index is 0.216. The monoisotopic (exact) mass is 216 g/mol. The molecule has 1 aromatic heterocycles. The van der Waals surface area contributed by atoms with Crippen LogP contribution in [-0.4, -0.2) is 21.4 Å². The highest BCUT2D eigenvalue weighted by Gasteiger charge is 2.10. The number of carbonyl (C=O) groups is 1. The number of aromatic hydroxyl groups is 1. The van der Waals surface area contributed by atoms with Crippen LogP contribution >= 0.6 is 0 Å². The number of nitrogens with one attached hydrogen (secondary N) is 1. The molecular formula is C12H12N2O2. The van der Waals surface area contributed by atoms with Crippen molar-refractivity contribution in [2.45, 2.75) is 13.3 Å². The number of hydrogen-bond acceptors (Lipinski definition) is 3. The van der Waals surface area contributed by atoms with Crippen LogP contribution in [0, 0.1) is 0 Å². The topological polar surface area (TPSA) is 66.0 Å². The summed E-state index contributed by atoms with van der Waals surface area (Å²) in [6.07, 6.45) is 1.47. The molecule has 1 aromatic carbocycles. The Labute approximate surface area is 93.0 Å². The summed E-state index contributed by atoms with van der Waals surface area (Å²) < 4.78 is 0. The Hall–Kier alpha value is -2.10. The maximum Gasteiger partial charge on any atom is 0.185 e. The third-order valence-electron chi connectivity index (χ3n) is 2.40. The van der Waals surface area contributed by atoms with E-state index in [4.69, 9.17) is 0 Å². The molecule has 0 unspecified atom stereocenters. The second-order valence-electron chi connectivity index (χ2n) is 3.47. The highest BCUT2D eigenvalue weighted by atomic mass is 16.3. The number of benzene rings is 1. The third-order valence-corrected chi connectivity index (χ3v) is 2.40. The van der Waals surface area contributed by atoms with Crippen LogP contribution in [0.2, 0.25) is 0 Å². The number of phenols is 1. The van der Waals surface area contributed by atoms with Crippen LogP contribution in [0.4, 0.5) is 0 Å². The second kappa shape index (κ2) is 4.18. The maximum absolute atomic E-state index is 10.6. The zero-order chi connectivity index (χ0) is 11.5. The Balaban J connectivity index is 2.49. The number of aryl methyl sites for hydroxylation is 1. The first-order valence-electron chi connectivity index (χ1n) is 5.08. The minimum Gasteiger partial charge on any atom is -0.508 e. The van der Waals surface area contributed by atoms with Crippen molar-refractivity contribution in [2.24, 2.45) is 0 Å². The lowest BCUT2D eigenvalue weighted by atomic mass is 10.1. The first-order valence-corrected chi connectivity index (χ1v) is 5.08. The Bertz CT molecular complexity index is 500. The van der Waals surface area contributed by atoms with E-state index in [-0.39, 0.29) is 5.75 Å². The zero-order valence-electron chi connectivity index (χ0n) is 8.90. The lowest BCUT2D eigenvalue weighted by Crippen LogP contribution is -1.85. The Morgan fingerprint density at radius 3 is 2.62 bits per heavy atom. The van der Waals surface area contributed by atoms with Gasteiger partial charge < -0.3 is 10.1 Å². The Kier molecular flexibility index (Phi) is 2.72. The van der Waals surface area contributed by atoms with Gasteiger partial charge in [0.15, 0.2) is 12.1 Å². The Morgan fingerprint density at radius 1 is 1.38 bits per heavy atom. The molecule has 0 aliphatic heterocycles. The fourth-order valence-electron chi connectivity index (χ4n) is 1.60. The van der Waals surface area contributed by atoms with Crippen molar-refractivity contribution in [1.29, 1.82) is 0 Å². The van der Waals surface area contributed by atoms with Crippen molar-refractivity contribution >= 4 is 6.29 Å². The number of imidazole rings is 1. The lowest BCUT2D eigenvalue weighted by molar-refractivity contribution is 0.111. The lowest BCUT2D eigenvalue weighted by Gasteiger charge is -2.00. The van der Waals surface area contributed by atoms with Crippen molar-refractivity contribution in [3.05, 3.63) is 35.8 Å². The molecule has 16 heavy (non-hydrogen) atoms. The van der Waals surface area contributed by atoms with Crippen LogP contribution in [0.15, 0.2) is 24.3 Å². The number of H-pyrrole nitrogens is 1. The first-order chi connectivity index (χ1) is 7.74. The number of aromatic amines is 1. The fraction of sp³-hybridized carbons (Fsp3) is 0.167. The highest BCUT2D eigenvalue weighted by molar-refractivity contribution is 5.73. The van der Waals surface area contributed by atoms with Crippen LogP contribution in [0.3, 0.4) is 0 Å². The van der Waals surface area contributed by atoms with Crippen molar-refractivity contribution < 1.29 is 9.90 Å². The third kappa shape index (κ3) is 1.82. The number of carbonyl (C=O) groups excluding carboxylic acids is 1. The number of nitrogens with zero attached hydrogens (tertiary/aromatic N) is 1. The van der Waals surface area contributed by atoms with Gasteiger partial charge in [0.1, 0.15) is 5.75 Å². The molecule has 0 saturated heterocycles. The summed E-state index contributed by atoms with van der Waals surface area (Å²) in [6, 6.07) is 6.76. The number of phenolic OH excluding ortho intramolecular Hbond substituents is 1. The van der Waals surface area contributed by atoms with E-state index in [9.17, 15) is 9.90 Å². The van der Waals surface area contributed by atoms with E-state index in [1.165, 1.54) is 0 Å². The molecule has 0 aliphatic rings. The van der Waals surface area contributed by atoms with Crippen LogP contribution in [-0.2, 0) is 6.42 Å². The summed E-state index contributed by atoms with van der Waals surface area (Å²) in [5.41, 5.74) is 2.58. The zero-order valence-corrected chi connectivity index (χ0v) is 8.90. The number of aromatic nitrogens is 2. The summed E-state index contributed by atoms with van der Waals surface area (Å²) in [4.78, 5) is 17.8. The maximum atomic E-state index is 10.6. The van der Waals surface area contributed by atoms with E-state index in [2.05, 4.69) is 9.97 Å². The van der Waals surface area contributed by atoms with Crippen LogP contribution in [0.1, 0.15) is 23.2 Å². The predicted molar refractivity (Wildman–Crippen MR) is 60.5 cm³/mol. The average Bonchev–Trinajstić information content (AvgIpc) is 2.73. The smallest absolute Gasteiger partial charge is 0.185 e. The first kappa shape index (κ1) is 10.4. The second-order valence-corrected chi connectivity index (χ2v) is 3.47. The van der Waals surface area contributed by atoms with E-state index in [1.54, 1.807) is 24.3 Å². The van der Waals surface area contributed by atoms with Gasteiger partial charge in [0, 0.05) is 11.3 Å². The standard InChI is InChI=1S/C12H12N2O2/c1-2-10-12(14-11(7-15)13-10)8-3-5-9(16)6-4-8/h3-7,16H,2H2,1H3,(H,13,14). The largest absolute Gasteiger partial charge is 0.508 e. The van der Waals surface area contributed by atoms with Gasteiger partial charge in [-0.05, 0) is 30.7 Å². The normalized spacial score (nSPS) is 10.3. The molecule has 2 rings (SSSR count). The molecule has 0 bridgehead atoms. The van der Waals surface area contributed by atoms with Gasteiger partial charge in [-0.15, -0.1) is 0 Å². The van der Waals surface area contributed by atoms with E-state index in [1.807, 2.05) is 6.92 Å². The van der Waals surface area contributed by atoms with Gasteiger partial charge in [-0.25, -0.2) is 4.98 Å². The molecule has 0 fully saturated rings. The SMILES string of the molecule is CCc1[nH]c(C=O)nc1-c1ccc(O)cc1. The van der Waals surface area contributed by atoms with E-state index < -0.39 is 0 Å². The van der Waals surface area contributed by atoms with Crippen molar-refractivity contribution in [3.8, 4) is 17.0 Å². The van der Waals surface area contributed by atoms with Crippen molar-refractivity contribution in [1.82, 2.24) is 9.97 Å². The molecule has 1 heterocycles. The summed E-state index contributed by atoms with van der Waals surface area (Å²) >= 11 is 0. The minimum atomic E-state index is 0.216. The average molecular weight is 216 g/mol. The molecule has 82 valence electrons. The summed E-state index contributed by atoms with van der Waals surface area (Å²) in [5.74, 6) is 0.549. The summed E-state index contributed by atoms with van der Waals surface area (Å²) in [7, 11) is 0. The van der Waals surface area contributed by atoms with Gasteiger partial charge >= 0.3 is 0 Å². The molecule has 2 N–H and O–H groups in total. The van der Waals surface area contributed by atoms with Crippen molar-refractivity contribution in [2.75, 3.05) is 0 Å². The molecule has 0 amide bonds. The molecule has 0 saturated carbocycles. The fourth-order valence-corrected chi connectivity index (χ4v) is 1.60. The van der Waals surface area contributed by atoms with Crippen LogP contribution in [0.25, 0.3) is 11.3 Å². The van der Waals surface area contributed by atoms with Gasteiger partial charge in [-0.3, -0.25) is 4.79 Å². The molecule has 4 heteroatoms. The molecule has 0 radical (unpaired) electrons. The summed E-state index contributed by atoms with van der Waals surface area (Å²) in [6.45, 7) is 1.99. The van der Waals surface area contributed by atoms with Gasteiger partial charge in [-0.1, -0.05) is 6.92 Å². The van der Waals surface area contributed by atoms with Gasteiger partial charge in [0.2, 0.25) is 0 Å². The highest BCUT2D eigenvalue weighted by Crippen LogP contribution is 2.23. The van der Waals surface area contributed by atoms with Gasteiger partial charge in [0.05, 0.1) is 5.69 Å². The van der Waals surface area contributed by atoms with Gasteiger partial charge in [-0.2, -0.15) is 0 Å².